The van der Waals surface area contributed by atoms with Crippen molar-refractivity contribution in [3.63, 3.8) is 0 Å². The number of H-pyrrole nitrogens is 1. The van der Waals surface area contributed by atoms with Crippen LogP contribution in [0.1, 0.15) is 74.4 Å². The summed E-state index contributed by atoms with van der Waals surface area (Å²) < 4.78 is 6.28. The van der Waals surface area contributed by atoms with Crippen molar-refractivity contribution in [1.82, 2.24) is 19.9 Å². The summed E-state index contributed by atoms with van der Waals surface area (Å²) in [7, 11) is 0. The Morgan fingerprint density at radius 3 is 2.74 bits per heavy atom. The average molecular weight is 522 g/mol. The van der Waals surface area contributed by atoms with Gasteiger partial charge in [0.05, 0.1) is 17.6 Å². The minimum Gasteiger partial charge on any atom is -0.491 e. The first-order valence-electron chi connectivity index (χ1n) is 14.8. The van der Waals surface area contributed by atoms with Crippen LogP contribution in [-0.4, -0.2) is 33.1 Å². The molecular weight excluding hydrogens is 482 g/mol. The Bertz CT molecular complexity index is 1530. The van der Waals surface area contributed by atoms with Crippen molar-refractivity contribution in [2.75, 3.05) is 18.1 Å². The number of fused-ring (bicyclic) bond motifs is 3. The Morgan fingerprint density at radius 2 is 1.90 bits per heavy atom. The highest BCUT2D eigenvalue weighted by molar-refractivity contribution is 5.82. The molecule has 0 unspecified atom stereocenters. The van der Waals surface area contributed by atoms with Crippen molar-refractivity contribution in [2.45, 2.75) is 78.7 Å². The van der Waals surface area contributed by atoms with Gasteiger partial charge in [-0.2, -0.15) is 0 Å². The molecule has 1 aliphatic heterocycles. The number of nitrogens with one attached hydrogen (secondary N) is 1. The van der Waals surface area contributed by atoms with Crippen LogP contribution < -0.4 is 9.64 Å². The molecule has 39 heavy (non-hydrogen) atoms. The number of ether oxygens (including phenoxy) is 1. The Kier molecular flexibility index (Phi) is 6.09. The number of benzene rings is 2. The summed E-state index contributed by atoms with van der Waals surface area (Å²) in [6, 6.07) is 13.1. The summed E-state index contributed by atoms with van der Waals surface area (Å²) in [5, 5.41) is 0. The monoisotopic (exact) mass is 521 g/mol. The number of imidazole rings is 1. The first-order valence-corrected chi connectivity index (χ1v) is 14.8. The van der Waals surface area contributed by atoms with Gasteiger partial charge in [0.15, 0.2) is 0 Å². The van der Waals surface area contributed by atoms with Crippen LogP contribution in [-0.2, 0) is 25.8 Å². The lowest BCUT2D eigenvalue weighted by Crippen LogP contribution is -2.32. The first-order chi connectivity index (χ1) is 18.9. The molecule has 2 aromatic carbocycles. The number of nitrogens with zero attached hydrogens (tertiary/aromatic N) is 4. The number of anilines is 1. The summed E-state index contributed by atoms with van der Waals surface area (Å²) in [5.41, 5.74) is 8.58. The number of rotatable bonds is 5. The molecule has 0 spiro atoms. The lowest BCUT2D eigenvalue weighted by Gasteiger charge is -2.34. The lowest BCUT2D eigenvalue weighted by atomic mass is 9.76. The molecule has 6 nitrogen and oxygen atoms in total. The van der Waals surface area contributed by atoms with Gasteiger partial charge >= 0.3 is 0 Å². The Balaban J connectivity index is 1.23. The van der Waals surface area contributed by atoms with E-state index in [0.717, 1.165) is 72.5 Å². The molecule has 1 saturated carbocycles. The van der Waals surface area contributed by atoms with Crippen molar-refractivity contribution < 1.29 is 4.74 Å². The summed E-state index contributed by atoms with van der Waals surface area (Å²) >= 11 is 0. The van der Waals surface area contributed by atoms with Gasteiger partial charge in [0, 0.05) is 29.8 Å². The highest BCUT2D eigenvalue weighted by Gasteiger charge is 2.32. The van der Waals surface area contributed by atoms with E-state index in [4.69, 9.17) is 14.7 Å². The maximum Gasteiger partial charge on any atom is 0.136 e. The van der Waals surface area contributed by atoms with Crippen LogP contribution in [0, 0.1) is 18.3 Å². The van der Waals surface area contributed by atoms with E-state index in [-0.39, 0.29) is 5.41 Å². The smallest absolute Gasteiger partial charge is 0.136 e. The lowest BCUT2D eigenvalue weighted by molar-refractivity contribution is 0.293. The minimum absolute atomic E-state index is 0.273. The molecule has 0 radical (unpaired) electrons. The third-order valence-electron chi connectivity index (χ3n) is 9.09. The normalized spacial score (nSPS) is 18.7. The molecule has 2 aliphatic carbocycles. The maximum atomic E-state index is 6.28. The zero-order chi connectivity index (χ0) is 26.6. The highest BCUT2D eigenvalue weighted by atomic mass is 16.5. The molecule has 1 N–H and O–H groups in total. The van der Waals surface area contributed by atoms with Crippen LogP contribution in [0.25, 0.3) is 22.2 Å². The molecule has 1 fully saturated rings. The molecule has 0 atom stereocenters. The van der Waals surface area contributed by atoms with Gasteiger partial charge in [-0.3, -0.25) is 0 Å². The number of hydrogen-bond acceptors (Lipinski definition) is 5. The van der Waals surface area contributed by atoms with Gasteiger partial charge < -0.3 is 14.6 Å². The van der Waals surface area contributed by atoms with Crippen LogP contribution >= 0.6 is 0 Å². The number of hydrogen-bond donors (Lipinski definition) is 1. The second-order valence-corrected chi connectivity index (χ2v) is 12.7. The summed E-state index contributed by atoms with van der Waals surface area (Å²) in [6.45, 7) is 9.05. The van der Waals surface area contributed by atoms with Gasteiger partial charge in [0.25, 0.3) is 0 Å². The third-order valence-corrected chi connectivity index (χ3v) is 9.09. The van der Waals surface area contributed by atoms with Gasteiger partial charge in [-0.05, 0) is 79.3 Å². The van der Waals surface area contributed by atoms with Crippen molar-refractivity contribution in [3.05, 3.63) is 64.9 Å². The fraction of sp³-hybridized carbons (Fsp3) is 0.485. The Labute approximate surface area is 231 Å². The molecule has 3 heterocycles. The van der Waals surface area contributed by atoms with Crippen LogP contribution in [0.3, 0.4) is 0 Å². The largest absolute Gasteiger partial charge is 0.491 e. The van der Waals surface area contributed by atoms with Crippen LogP contribution in [0.15, 0.2) is 36.4 Å². The Morgan fingerprint density at radius 1 is 1.05 bits per heavy atom. The predicted octanol–water partition coefficient (Wildman–Crippen LogP) is 6.97. The van der Waals surface area contributed by atoms with Crippen molar-refractivity contribution >= 4 is 16.9 Å². The molecule has 4 aromatic rings. The van der Waals surface area contributed by atoms with Gasteiger partial charge in [-0.1, -0.05) is 45.2 Å². The van der Waals surface area contributed by atoms with E-state index in [1.807, 2.05) is 6.92 Å². The summed E-state index contributed by atoms with van der Waals surface area (Å²) in [5.74, 6) is 4.98. The van der Waals surface area contributed by atoms with E-state index < -0.39 is 0 Å². The summed E-state index contributed by atoms with van der Waals surface area (Å²) in [4.78, 5) is 20.8. The topological polar surface area (TPSA) is 66.9 Å². The second-order valence-electron chi connectivity index (χ2n) is 12.7. The van der Waals surface area contributed by atoms with Gasteiger partial charge in [0.2, 0.25) is 0 Å². The minimum atomic E-state index is 0.273. The van der Waals surface area contributed by atoms with Gasteiger partial charge in [-0.15, -0.1) is 0 Å². The molecule has 6 heteroatoms. The fourth-order valence-electron chi connectivity index (χ4n) is 6.54. The zero-order valence-corrected chi connectivity index (χ0v) is 23.5. The quantitative estimate of drug-likeness (QED) is 0.307. The number of aryl methyl sites for hydroxylation is 3. The molecule has 202 valence electrons. The molecule has 0 amide bonds. The van der Waals surface area contributed by atoms with Crippen molar-refractivity contribution in [3.8, 4) is 16.9 Å². The van der Waals surface area contributed by atoms with E-state index in [1.165, 1.54) is 60.1 Å². The molecular formula is C33H39N5O. The maximum absolute atomic E-state index is 6.28. The standard InChI is InChI=1S/C33H39N5O/c1-21-34-28-10-8-24(18-29(28)35-21)23-9-11-30-25(17-23)20-38(15-16-39-30)32-26-19-33(2,3)14-13-27(26)36-31(37-32)12-7-22-5-4-6-22/h8-11,17-18,22H,4-7,12-16,19-20H2,1-3H3,(H,34,35). The second kappa shape index (κ2) is 9.65. The zero-order valence-electron chi connectivity index (χ0n) is 23.5. The van der Waals surface area contributed by atoms with E-state index in [9.17, 15) is 0 Å². The number of aromatic nitrogens is 4. The van der Waals surface area contributed by atoms with Crippen LogP contribution in [0.4, 0.5) is 5.82 Å². The van der Waals surface area contributed by atoms with Crippen molar-refractivity contribution in [2.24, 2.45) is 11.3 Å². The van der Waals surface area contributed by atoms with E-state index in [0.29, 0.717) is 6.61 Å². The SMILES string of the molecule is Cc1nc2ccc(-c3ccc4c(c3)CN(c3nc(CCC5CCC5)nc5c3CC(C)(C)CC5)CCO4)cc2[nH]1. The molecule has 7 rings (SSSR count). The number of aromatic amines is 1. The van der Waals surface area contributed by atoms with Gasteiger partial charge in [0.1, 0.15) is 29.8 Å². The van der Waals surface area contributed by atoms with E-state index in [1.54, 1.807) is 0 Å². The van der Waals surface area contributed by atoms with Crippen LogP contribution in [0.5, 0.6) is 5.75 Å². The molecule has 0 bridgehead atoms. The third kappa shape index (κ3) is 4.90. The average Bonchev–Trinajstić information content (AvgIpc) is 3.13. The first kappa shape index (κ1) is 24.6. The molecule has 0 saturated heterocycles. The van der Waals surface area contributed by atoms with Crippen LogP contribution in [0.2, 0.25) is 0 Å². The highest BCUT2D eigenvalue weighted by Crippen LogP contribution is 2.40. The van der Waals surface area contributed by atoms with E-state index in [2.05, 4.69) is 65.1 Å². The molecule has 2 aromatic heterocycles. The van der Waals surface area contributed by atoms with Crippen molar-refractivity contribution in [1.29, 1.82) is 0 Å². The Hall–Kier alpha value is -3.41. The van der Waals surface area contributed by atoms with Gasteiger partial charge in [-0.25, -0.2) is 15.0 Å². The van der Waals surface area contributed by atoms with E-state index >= 15 is 0 Å². The molecule has 3 aliphatic rings. The summed E-state index contributed by atoms with van der Waals surface area (Å²) in [6.07, 6.45) is 9.63. The predicted molar refractivity (Wildman–Crippen MR) is 156 cm³/mol. The fourth-order valence-corrected chi connectivity index (χ4v) is 6.54.